The van der Waals surface area contributed by atoms with Crippen molar-refractivity contribution in [3.63, 3.8) is 0 Å². The van der Waals surface area contributed by atoms with Crippen molar-refractivity contribution >= 4 is 11.7 Å². The molecule has 2 heterocycles. The summed E-state index contributed by atoms with van der Waals surface area (Å²) in [5.74, 6) is 2.38. The van der Waals surface area contributed by atoms with E-state index in [1.165, 1.54) is 0 Å². The number of aryl methyl sites for hydroxylation is 1. The van der Waals surface area contributed by atoms with E-state index in [1.807, 2.05) is 72.5 Å². The Morgan fingerprint density at radius 1 is 0.966 bits per heavy atom. The molecule has 0 bridgehead atoms. The first-order valence-electron chi connectivity index (χ1n) is 9.80. The van der Waals surface area contributed by atoms with Gasteiger partial charge in [-0.2, -0.15) is 0 Å². The summed E-state index contributed by atoms with van der Waals surface area (Å²) in [6, 6.07) is 19.6. The molecule has 6 nitrogen and oxygen atoms in total. The van der Waals surface area contributed by atoms with E-state index in [2.05, 4.69) is 9.88 Å². The lowest BCUT2D eigenvalue weighted by atomic mass is 10.2. The van der Waals surface area contributed by atoms with Gasteiger partial charge in [-0.3, -0.25) is 4.79 Å². The second kappa shape index (κ2) is 8.73. The maximum Gasteiger partial charge on any atom is 0.260 e. The number of hydrogen-bond acceptors (Lipinski definition) is 5. The average molecular weight is 388 g/mol. The van der Waals surface area contributed by atoms with Gasteiger partial charge in [-0.1, -0.05) is 48.5 Å². The molecule has 6 heteroatoms. The van der Waals surface area contributed by atoms with Crippen molar-refractivity contribution in [1.82, 2.24) is 14.9 Å². The zero-order valence-corrected chi connectivity index (χ0v) is 16.5. The molecule has 0 atom stereocenters. The number of ether oxygens (including phenoxy) is 1. The van der Waals surface area contributed by atoms with E-state index in [4.69, 9.17) is 9.72 Å². The number of nitrogens with zero attached hydrogens (tertiary/aromatic N) is 4. The molecule has 1 aliphatic heterocycles. The van der Waals surface area contributed by atoms with E-state index < -0.39 is 0 Å². The largest absolute Gasteiger partial charge is 0.484 e. The fraction of sp³-hybridized carbons (Fsp3) is 0.261. The second-order valence-corrected chi connectivity index (χ2v) is 7.03. The molecule has 4 rings (SSSR count). The summed E-state index contributed by atoms with van der Waals surface area (Å²) < 4.78 is 5.70. The van der Waals surface area contributed by atoms with Crippen molar-refractivity contribution < 1.29 is 9.53 Å². The van der Waals surface area contributed by atoms with Gasteiger partial charge in [0.15, 0.2) is 12.4 Å². The van der Waals surface area contributed by atoms with Gasteiger partial charge in [0.05, 0.1) is 0 Å². The van der Waals surface area contributed by atoms with Crippen molar-refractivity contribution in [2.24, 2.45) is 0 Å². The first-order chi connectivity index (χ1) is 14.2. The van der Waals surface area contributed by atoms with Crippen LogP contribution in [0.4, 0.5) is 5.82 Å². The number of para-hydroxylation sites is 1. The Hall–Kier alpha value is -3.41. The van der Waals surface area contributed by atoms with E-state index in [0.717, 1.165) is 35.8 Å². The highest BCUT2D eigenvalue weighted by Crippen LogP contribution is 2.20. The zero-order valence-electron chi connectivity index (χ0n) is 16.5. The third-order valence-electron chi connectivity index (χ3n) is 5.07. The maximum atomic E-state index is 12.5. The first-order valence-corrected chi connectivity index (χ1v) is 9.80. The van der Waals surface area contributed by atoms with Gasteiger partial charge in [0, 0.05) is 37.9 Å². The summed E-state index contributed by atoms with van der Waals surface area (Å²) in [5.41, 5.74) is 2.03. The van der Waals surface area contributed by atoms with E-state index in [0.29, 0.717) is 18.9 Å². The lowest BCUT2D eigenvalue weighted by Crippen LogP contribution is -2.50. The summed E-state index contributed by atoms with van der Waals surface area (Å²) in [7, 11) is 0. The molecular weight excluding hydrogens is 364 g/mol. The number of anilines is 1. The first kappa shape index (κ1) is 18.9. The summed E-state index contributed by atoms with van der Waals surface area (Å²) >= 11 is 0. The zero-order chi connectivity index (χ0) is 20.1. The molecular formula is C23H24N4O2. The number of hydrogen-bond donors (Lipinski definition) is 0. The highest BCUT2D eigenvalue weighted by molar-refractivity contribution is 5.78. The fourth-order valence-electron chi connectivity index (χ4n) is 3.39. The van der Waals surface area contributed by atoms with Gasteiger partial charge in [0.25, 0.3) is 5.91 Å². The van der Waals surface area contributed by atoms with Crippen molar-refractivity contribution in [3.05, 3.63) is 72.4 Å². The molecule has 148 valence electrons. The lowest BCUT2D eigenvalue weighted by molar-refractivity contribution is -0.133. The van der Waals surface area contributed by atoms with E-state index in [-0.39, 0.29) is 12.5 Å². The van der Waals surface area contributed by atoms with Crippen molar-refractivity contribution in [2.75, 3.05) is 37.7 Å². The molecule has 0 spiro atoms. The monoisotopic (exact) mass is 388 g/mol. The molecule has 1 aliphatic rings. The van der Waals surface area contributed by atoms with E-state index in [1.54, 1.807) is 6.20 Å². The Bertz CT molecular complexity index is 969. The van der Waals surface area contributed by atoms with Gasteiger partial charge < -0.3 is 14.5 Å². The minimum Gasteiger partial charge on any atom is -0.484 e. The van der Waals surface area contributed by atoms with Crippen LogP contribution >= 0.6 is 0 Å². The minimum absolute atomic E-state index is 0.0144. The number of amides is 1. The molecule has 0 saturated carbocycles. The van der Waals surface area contributed by atoms with Crippen LogP contribution in [0.25, 0.3) is 11.4 Å². The molecule has 3 aromatic rings. The highest BCUT2D eigenvalue weighted by atomic mass is 16.5. The van der Waals surface area contributed by atoms with Gasteiger partial charge in [-0.25, -0.2) is 9.97 Å². The quantitative estimate of drug-likeness (QED) is 0.672. The normalized spacial score (nSPS) is 14.0. The Morgan fingerprint density at radius 2 is 1.69 bits per heavy atom. The number of carbonyl (C=O) groups is 1. The molecule has 29 heavy (non-hydrogen) atoms. The van der Waals surface area contributed by atoms with Crippen LogP contribution in [0.3, 0.4) is 0 Å². The molecule has 0 N–H and O–H groups in total. The SMILES string of the molecule is Cc1ccccc1OCC(=O)N1CCN(c2ccnc(-c3ccccc3)n2)CC1. The Labute approximate surface area is 170 Å². The second-order valence-electron chi connectivity index (χ2n) is 7.03. The van der Waals surface area contributed by atoms with Gasteiger partial charge in [0.1, 0.15) is 11.6 Å². The minimum atomic E-state index is 0.0144. The van der Waals surface area contributed by atoms with Crippen LogP contribution in [-0.4, -0.2) is 53.6 Å². The van der Waals surface area contributed by atoms with Crippen LogP contribution in [0.2, 0.25) is 0 Å². The van der Waals surface area contributed by atoms with Gasteiger partial charge in [0.2, 0.25) is 0 Å². The maximum absolute atomic E-state index is 12.5. The Kier molecular flexibility index (Phi) is 5.70. The molecule has 1 fully saturated rings. The number of aromatic nitrogens is 2. The predicted octanol–water partition coefficient (Wildman–Crippen LogP) is 3.18. The molecule has 2 aromatic carbocycles. The van der Waals surface area contributed by atoms with Crippen LogP contribution in [-0.2, 0) is 4.79 Å². The average Bonchev–Trinajstić information content (AvgIpc) is 2.79. The summed E-state index contributed by atoms with van der Waals surface area (Å²) in [6.45, 7) is 4.82. The predicted molar refractivity (Wildman–Crippen MR) is 113 cm³/mol. The molecule has 1 saturated heterocycles. The lowest BCUT2D eigenvalue weighted by Gasteiger charge is -2.35. The topological polar surface area (TPSA) is 58.6 Å². The van der Waals surface area contributed by atoms with Gasteiger partial charge in [-0.15, -0.1) is 0 Å². The smallest absolute Gasteiger partial charge is 0.260 e. The molecule has 0 radical (unpaired) electrons. The van der Waals surface area contributed by atoms with Crippen molar-refractivity contribution in [1.29, 1.82) is 0 Å². The number of piperazine rings is 1. The van der Waals surface area contributed by atoms with Crippen LogP contribution in [0.15, 0.2) is 66.9 Å². The van der Waals surface area contributed by atoms with Gasteiger partial charge in [-0.05, 0) is 24.6 Å². The van der Waals surface area contributed by atoms with Crippen molar-refractivity contribution in [2.45, 2.75) is 6.92 Å². The van der Waals surface area contributed by atoms with Crippen molar-refractivity contribution in [3.8, 4) is 17.1 Å². The highest BCUT2D eigenvalue weighted by Gasteiger charge is 2.22. The van der Waals surface area contributed by atoms with Crippen LogP contribution in [0.5, 0.6) is 5.75 Å². The Balaban J connectivity index is 1.34. The molecule has 0 unspecified atom stereocenters. The van der Waals surface area contributed by atoms with Crippen LogP contribution < -0.4 is 9.64 Å². The van der Waals surface area contributed by atoms with Gasteiger partial charge >= 0.3 is 0 Å². The summed E-state index contributed by atoms with van der Waals surface area (Å²) in [6.07, 6.45) is 1.79. The summed E-state index contributed by atoms with van der Waals surface area (Å²) in [5, 5.41) is 0. The molecule has 0 aliphatic carbocycles. The number of carbonyl (C=O) groups excluding carboxylic acids is 1. The fourth-order valence-corrected chi connectivity index (χ4v) is 3.39. The third kappa shape index (κ3) is 4.54. The van der Waals surface area contributed by atoms with E-state index >= 15 is 0 Å². The number of benzene rings is 2. The van der Waals surface area contributed by atoms with Crippen LogP contribution in [0.1, 0.15) is 5.56 Å². The molecule has 1 amide bonds. The standard InChI is InChI=1S/C23H24N4O2/c1-18-7-5-6-10-20(18)29-17-22(28)27-15-13-26(14-16-27)21-11-12-24-23(25-21)19-8-3-2-4-9-19/h2-12H,13-17H2,1H3. The number of rotatable bonds is 5. The third-order valence-corrected chi connectivity index (χ3v) is 5.07. The summed E-state index contributed by atoms with van der Waals surface area (Å²) in [4.78, 5) is 25.7. The molecule has 1 aromatic heterocycles. The Morgan fingerprint density at radius 3 is 2.45 bits per heavy atom. The van der Waals surface area contributed by atoms with E-state index in [9.17, 15) is 4.79 Å². The van der Waals surface area contributed by atoms with Crippen LogP contribution in [0, 0.1) is 6.92 Å².